The first-order valence-corrected chi connectivity index (χ1v) is 6.39. The number of benzene rings is 1. The Balaban J connectivity index is 3.57. The number of thioether (sulfide) groups is 1. The zero-order chi connectivity index (χ0) is 17.1. The van der Waals surface area contributed by atoms with Crippen molar-refractivity contribution in [3.05, 3.63) is 28.8 Å². The van der Waals surface area contributed by atoms with Crippen molar-refractivity contribution in [1.82, 2.24) is 0 Å². The van der Waals surface area contributed by atoms with Crippen LogP contribution in [0.4, 0.5) is 26.3 Å². The van der Waals surface area contributed by atoms with Crippen LogP contribution >= 0.6 is 11.8 Å². The van der Waals surface area contributed by atoms with Gasteiger partial charge in [0.05, 0.1) is 23.3 Å². The lowest BCUT2D eigenvalue weighted by molar-refractivity contribution is -0.137. The summed E-state index contributed by atoms with van der Waals surface area (Å²) in [4.78, 5) is 10.6. The first kappa shape index (κ1) is 18.2. The van der Waals surface area contributed by atoms with Crippen LogP contribution in [0.2, 0.25) is 0 Å². The van der Waals surface area contributed by atoms with Crippen molar-refractivity contribution in [3.8, 4) is 6.07 Å². The highest BCUT2D eigenvalue weighted by molar-refractivity contribution is 8.00. The molecule has 0 spiro atoms. The third-order valence-electron chi connectivity index (χ3n) is 2.26. The van der Waals surface area contributed by atoms with Crippen molar-refractivity contribution < 1.29 is 35.9 Å². The minimum Gasteiger partial charge on any atom is -0.462 e. The predicted octanol–water partition coefficient (Wildman–Crippen LogP) is 4.37. The molecule has 0 N–H and O–H groups in total. The van der Waals surface area contributed by atoms with Gasteiger partial charge in [-0.2, -0.15) is 31.6 Å². The molecule has 0 saturated heterocycles. The monoisotopic (exact) mass is 343 g/mol. The van der Waals surface area contributed by atoms with Gasteiger partial charge in [0.2, 0.25) is 0 Å². The van der Waals surface area contributed by atoms with Crippen molar-refractivity contribution >= 4 is 17.7 Å². The zero-order valence-electron chi connectivity index (χ0n) is 10.8. The average molecular weight is 343 g/mol. The summed E-state index contributed by atoms with van der Waals surface area (Å²) < 4.78 is 80.0. The van der Waals surface area contributed by atoms with Crippen LogP contribution < -0.4 is 0 Å². The van der Waals surface area contributed by atoms with Gasteiger partial charge in [0.15, 0.2) is 0 Å². The molecule has 0 atom stereocenters. The number of alkyl halides is 6. The van der Waals surface area contributed by atoms with Crippen LogP contribution in [0.3, 0.4) is 0 Å². The van der Waals surface area contributed by atoms with Gasteiger partial charge in [-0.25, -0.2) is 4.79 Å². The second kappa shape index (κ2) is 6.48. The largest absolute Gasteiger partial charge is 0.462 e. The van der Waals surface area contributed by atoms with E-state index in [2.05, 4.69) is 4.74 Å². The Morgan fingerprint density at radius 2 is 1.86 bits per heavy atom. The summed E-state index contributed by atoms with van der Waals surface area (Å²) in [7, 11) is 0. The maximum Gasteiger partial charge on any atom is 0.446 e. The van der Waals surface area contributed by atoms with E-state index in [0.29, 0.717) is 6.07 Å². The van der Waals surface area contributed by atoms with E-state index in [-0.39, 0.29) is 12.7 Å². The number of nitrogens with zero attached hydrogens (tertiary/aromatic N) is 1. The lowest BCUT2D eigenvalue weighted by Crippen LogP contribution is -2.13. The van der Waals surface area contributed by atoms with Crippen molar-refractivity contribution in [2.45, 2.75) is 23.5 Å². The van der Waals surface area contributed by atoms with Crippen LogP contribution in [0.5, 0.6) is 0 Å². The van der Waals surface area contributed by atoms with Crippen LogP contribution in [-0.4, -0.2) is 18.1 Å². The van der Waals surface area contributed by atoms with Gasteiger partial charge in [0.1, 0.15) is 6.07 Å². The van der Waals surface area contributed by atoms with Crippen molar-refractivity contribution in [2.75, 3.05) is 6.61 Å². The molecule has 0 fully saturated rings. The molecule has 0 saturated carbocycles. The second-order valence-electron chi connectivity index (χ2n) is 3.77. The number of nitriles is 1. The minimum absolute atomic E-state index is 0.180. The van der Waals surface area contributed by atoms with E-state index in [1.807, 2.05) is 0 Å². The number of hydrogen-bond donors (Lipinski definition) is 0. The average Bonchev–Trinajstić information content (AvgIpc) is 2.35. The molecule has 1 aromatic carbocycles. The van der Waals surface area contributed by atoms with Gasteiger partial charge in [-0.05, 0) is 30.8 Å². The van der Waals surface area contributed by atoms with E-state index >= 15 is 0 Å². The van der Waals surface area contributed by atoms with Crippen molar-refractivity contribution in [2.24, 2.45) is 0 Å². The van der Waals surface area contributed by atoms with E-state index in [4.69, 9.17) is 5.26 Å². The minimum atomic E-state index is -4.98. The first-order valence-electron chi connectivity index (χ1n) is 5.57. The molecule has 0 amide bonds. The summed E-state index contributed by atoms with van der Waals surface area (Å²) in [6, 6.07) is 1.80. The zero-order valence-corrected chi connectivity index (χ0v) is 11.6. The highest BCUT2D eigenvalue weighted by atomic mass is 32.2. The molecule has 0 unspecified atom stereocenters. The molecule has 120 valence electrons. The molecule has 0 heterocycles. The predicted molar refractivity (Wildman–Crippen MR) is 64.0 cm³/mol. The molecular weight excluding hydrogens is 336 g/mol. The van der Waals surface area contributed by atoms with Gasteiger partial charge < -0.3 is 4.74 Å². The fraction of sp³-hybridized carbons (Fsp3) is 0.333. The van der Waals surface area contributed by atoms with Gasteiger partial charge in [-0.15, -0.1) is 0 Å². The molecule has 0 aliphatic carbocycles. The molecule has 0 aliphatic rings. The lowest BCUT2D eigenvalue weighted by atomic mass is 10.0. The van der Waals surface area contributed by atoms with E-state index in [0.717, 1.165) is 0 Å². The van der Waals surface area contributed by atoms with E-state index in [1.54, 1.807) is 0 Å². The van der Waals surface area contributed by atoms with Crippen molar-refractivity contribution in [1.29, 1.82) is 5.26 Å². The maximum atomic E-state index is 12.7. The maximum absolute atomic E-state index is 12.7. The number of rotatable bonds is 3. The third kappa shape index (κ3) is 4.56. The SMILES string of the molecule is CCOC(=O)c1cc(C(F)(F)F)cc(SC(F)(F)F)c1C#N. The van der Waals surface area contributed by atoms with Crippen LogP contribution in [0.15, 0.2) is 17.0 Å². The smallest absolute Gasteiger partial charge is 0.446 e. The van der Waals surface area contributed by atoms with Gasteiger partial charge in [0, 0.05) is 4.90 Å². The number of halogens is 6. The number of ether oxygens (including phenoxy) is 1. The van der Waals surface area contributed by atoms with Crippen LogP contribution in [0.25, 0.3) is 0 Å². The molecule has 1 aromatic rings. The second-order valence-corrected chi connectivity index (χ2v) is 4.88. The van der Waals surface area contributed by atoms with Gasteiger partial charge in [0.25, 0.3) is 0 Å². The normalized spacial score (nSPS) is 11.9. The molecule has 1 rings (SSSR count). The quantitative estimate of drug-likeness (QED) is 0.465. The lowest BCUT2D eigenvalue weighted by Gasteiger charge is -2.14. The van der Waals surface area contributed by atoms with Gasteiger partial charge in [-0.1, -0.05) is 0 Å². The van der Waals surface area contributed by atoms with Crippen LogP contribution in [0.1, 0.15) is 28.4 Å². The Kier molecular flexibility index (Phi) is 5.35. The number of hydrogen-bond acceptors (Lipinski definition) is 4. The summed E-state index contributed by atoms with van der Waals surface area (Å²) in [6.45, 7) is 1.16. The Morgan fingerprint density at radius 1 is 1.27 bits per heavy atom. The van der Waals surface area contributed by atoms with Crippen LogP contribution in [0, 0.1) is 11.3 Å². The summed E-state index contributed by atoms with van der Waals surface area (Å²) in [5.41, 5.74) is -8.05. The molecule has 0 aromatic heterocycles. The fourth-order valence-corrected chi connectivity index (χ4v) is 2.16. The standard InChI is InChI=1S/C12H7F6NO2S/c1-2-21-10(20)7-3-6(11(13,14)15)4-9(8(7)5-19)22-12(16,17)18/h3-4H,2H2,1H3. The Labute approximate surface area is 124 Å². The molecule has 0 aliphatic heterocycles. The van der Waals surface area contributed by atoms with Gasteiger partial charge >= 0.3 is 17.7 Å². The molecule has 3 nitrogen and oxygen atoms in total. The Hall–Kier alpha value is -1.89. The number of esters is 1. The topological polar surface area (TPSA) is 50.1 Å². The highest BCUT2D eigenvalue weighted by Crippen LogP contribution is 2.42. The molecule has 0 bridgehead atoms. The number of carbonyl (C=O) groups excluding carboxylic acids is 1. The molecule has 22 heavy (non-hydrogen) atoms. The van der Waals surface area contributed by atoms with Crippen molar-refractivity contribution in [3.63, 3.8) is 0 Å². The first-order chi connectivity index (χ1) is 9.99. The summed E-state index contributed by atoms with van der Waals surface area (Å²) >= 11 is -0.898. The van der Waals surface area contributed by atoms with E-state index in [9.17, 15) is 31.1 Å². The summed E-state index contributed by atoms with van der Waals surface area (Å²) in [5.74, 6) is -1.30. The van der Waals surface area contributed by atoms with E-state index in [1.165, 1.54) is 13.0 Å². The van der Waals surface area contributed by atoms with E-state index < -0.39 is 51.0 Å². The fourth-order valence-electron chi connectivity index (χ4n) is 1.47. The highest BCUT2D eigenvalue weighted by Gasteiger charge is 2.37. The van der Waals surface area contributed by atoms with Crippen LogP contribution in [-0.2, 0) is 10.9 Å². The molecule has 0 radical (unpaired) electrons. The summed E-state index contributed by atoms with van der Waals surface area (Å²) in [6.07, 6.45) is -4.98. The summed E-state index contributed by atoms with van der Waals surface area (Å²) in [5, 5.41) is 8.89. The third-order valence-corrected chi connectivity index (χ3v) is 3.04. The Bertz CT molecular complexity index is 618. The number of carbonyl (C=O) groups is 1. The molecule has 10 heteroatoms. The molecular formula is C12H7F6NO2S. The Morgan fingerprint density at radius 3 is 2.27 bits per heavy atom. The van der Waals surface area contributed by atoms with Gasteiger partial charge in [-0.3, -0.25) is 0 Å².